The number of benzene rings is 1. The van der Waals surface area contributed by atoms with Crippen LogP contribution in [0.25, 0.3) is 0 Å². The van der Waals surface area contributed by atoms with Gasteiger partial charge in [0.25, 0.3) is 0 Å². The van der Waals surface area contributed by atoms with Crippen LogP contribution in [0.15, 0.2) is 24.3 Å². The Balaban J connectivity index is 1.83. The molecular formula is C12H16ClNO3S. The Morgan fingerprint density at radius 3 is 2.78 bits per heavy atom. The van der Waals surface area contributed by atoms with E-state index in [1.54, 1.807) is 24.3 Å². The molecular weight excluding hydrogens is 274 g/mol. The second kappa shape index (κ2) is 5.57. The van der Waals surface area contributed by atoms with E-state index in [4.69, 9.17) is 11.6 Å². The summed E-state index contributed by atoms with van der Waals surface area (Å²) in [5.41, 5.74) is 0.702. The number of sulfonamides is 1. The number of hydrogen-bond acceptors (Lipinski definition) is 3. The molecule has 0 aromatic heterocycles. The van der Waals surface area contributed by atoms with Crippen molar-refractivity contribution in [3.05, 3.63) is 34.9 Å². The molecule has 18 heavy (non-hydrogen) atoms. The molecule has 2 rings (SSSR count). The number of halogens is 1. The second-order valence-electron chi connectivity index (χ2n) is 4.50. The van der Waals surface area contributed by atoms with Gasteiger partial charge in [0.15, 0.2) is 0 Å². The highest BCUT2D eigenvalue weighted by molar-refractivity contribution is 7.90. The van der Waals surface area contributed by atoms with Crippen molar-refractivity contribution in [2.45, 2.75) is 30.6 Å². The summed E-state index contributed by atoms with van der Waals surface area (Å²) in [7, 11) is -3.16. The van der Waals surface area contributed by atoms with Crippen LogP contribution in [0.1, 0.15) is 30.9 Å². The third kappa shape index (κ3) is 3.68. The molecule has 0 unspecified atom stereocenters. The van der Waals surface area contributed by atoms with Crippen molar-refractivity contribution in [3.63, 3.8) is 0 Å². The Morgan fingerprint density at radius 1 is 1.44 bits per heavy atom. The molecule has 0 amide bonds. The molecule has 1 atom stereocenters. The summed E-state index contributed by atoms with van der Waals surface area (Å²) in [6.45, 7) is 0.243. The molecule has 0 saturated heterocycles. The highest BCUT2D eigenvalue weighted by atomic mass is 35.5. The van der Waals surface area contributed by atoms with Gasteiger partial charge in [0.1, 0.15) is 0 Å². The van der Waals surface area contributed by atoms with Crippen LogP contribution in [-0.2, 0) is 10.0 Å². The molecule has 4 nitrogen and oxygen atoms in total. The van der Waals surface area contributed by atoms with Gasteiger partial charge in [-0.1, -0.05) is 23.7 Å². The van der Waals surface area contributed by atoms with Gasteiger partial charge >= 0.3 is 0 Å². The lowest BCUT2D eigenvalue weighted by atomic mass is 10.1. The first-order valence-electron chi connectivity index (χ1n) is 5.91. The number of rotatable bonds is 6. The fourth-order valence-corrected chi connectivity index (χ4v) is 3.31. The molecule has 1 aliphatic carbocycles. The van der Waals surface area contributed by atoms with Crippen molar-refractivity contribution in [1.82, 2.24) is 4.72 Å². The van der Waals surface area contributed by atoms with Gasteiger partial charge in [-0.2, -0.15) is 0 Å². The summed E-state index contributed by atoms with van der Waals surface area (Å²) >= 11 is 5.82. The summed E-state index contributed by atoms with van der Waals surface area (Å²) < 4.78 is 25.6. The first-order valence-corrected chi connectivity index (χ1v) is 7.83. The Kier molecular flexibility index (Phi) is 4.27. The van der Waals surface area contributed by atoms with E-state index in [1.807, 2.05) is 0 Å². The molecule has 1 saturated carbocycles. The molecule has 0 spiro atoms. The summed E-state index contributed by atoms with van der Waals surface area (Å²) in [6, 6.07) is 6.94. The molecule has 1 aliphatic rings. The number of aliphatic hydroxyl groups is 1. The van der Waals surface area contributed by atoms with Gasteiger partial charge in [0.05, 0.1) is 11.4 Å². The van der Waals surface area contributed by atoms with Gasteiger partial charge in [0, 0.05) is 11.6 Å². The first kappa shape index (κ1) is 13.8. The van der Waals surface area contributed by atoms with Crippen LogP contribution in [0.4, 0.5) is 0 Å². The Bertz CT molecular complexity index is 514. The predicted molar refractivity (Wildman–Crippen MR) is 71.0 cm³/mol. The van der Waals surface area contributed by atoms with Crippen molar-refractivity contribution in [1.29, 1.82) is 0 Å². The van der Waals surface area contributed by atoms with E-state index in [0.717, 1.165) is 12.8 Å². The second-order valence-corrected chi connectivity index (χ2v) is 6.98. The highest BCUT2D eigenvalue weighted by Gasteiger charge is 2.35. The molecule has 2 N–H and O–H groups in total. The standard InChI is InChI=1S/C12H16ClNO3S/c13-10-3-1-2-9(8-10)12(15)6-7-14-18(16,17)11-4-5-11/h1-3,8,11-12,14-15H,4-7H2/t12-/m1/s1. The summed E-state index contributed by atoms with van der Waals surface area (Å²) in [6.07, 6.45) is 1.12. The third-order valence-corrected chi connectivity index (χ3v) is 5.11. The molecule has 1 aromatic carbocycles. The molecule has 0 radical (unpaired) electrons. The number of hydrogen-bond donors (Lipinski definition) is 2. The minimum absolute atomic E-state index is 0.221. The molecule has 0 aliphatic heterocycles. The van der Waals surface area contributed by atoms with Gasteiger partial charge < -0.3 is 5.11 Å². The average Bonchev–Trinajstić information content (AvgIpc) is 3.12. The lowest BCUT2D eigenvalue weighted by Crippen LogP contribution is -2.29. The van der Waals surface area contributed by atoms with Crippen molar-refractivity contribution in [2.24, 2.45) is 0 Å². The van der Waals surface area contributed by atoms with Crippen LogP contribution >= 0.6 is 11.6 Å². The third-order valence-electron chi connectivity index (χ3n) is 2.92. The zero-order valence-electron chi connectivity index (χ0n) is 9.84. The number of nitrogens with one attached hydrogen (secondary N) is 1. The zero-order chi connectivity index (χ0) is 13.2. The normalized spacial score (nSPS) is 17.7. The maximum atomic E-state index is 11.6. The van der Waals surface area contributed by atoms with Gasteiger partial charge in [-0.15, -0.1) is 0 Å². The molecule has 0 heterocycles. The first-order chi connectivity index (χ1) is 8.49. The summed E-state index contributed by atoms with van der Waals surface area (Å²) in [5.74, 6) is 0. The lowest BCUT2D eigenvalue weighted by molar-refractivity contribution is 0.169. The highest BCUT2D eigenvalue weighted by Crippen LogP contribution is 2.27. The van der Waals surface area contributed by atoms with E-state index in [2.05, 4.69) is 4.72 Å². The monoisotopic (exact) mass is 289 g/mol. The van der Waals surface area contributed by atoms with Gasteiger partial charge in [-0.3, -0.25) is 0 Å². The van der Waals surface area contributed by atoms with Gasteiger partial charge in [-0.25, -0.2) is 13.1 Å². The lowest BCUT2D eigenvalue weighted by Gasteiger charge is -2.12. The van der Waals surface area contributed by atoms with Gasteiger partial charge in [0.2, 0.25) is 10.0 Å². The largest absolute Gasteiger partial charge is 0.388 e. The maximum Gasteiger partial charge on any atom is 0.214 e. The Morgan fingerprint density at radius 2 is 2.17 bits per heavy atom. The van der Waals surface area contributed by atoms with Crippen molar-refractivity contribution in [3.8, 4) is 0 Å². The number of aliphatic hydroxyl groups excluding tert-OH is 1. The van der Waals surface area contributed by atoms with E-state index in [0.29, 0.717) is 17.0 Å². The van der Waals surface area contributed by atoms with Gasteiger partial charge in [-0.05, 0) is 37.0 Å². The van der Waals surface area contributed by atoms with Crippen molar-refractivity contribution in [2.75, 3.05) is 6.54 Å². The van der Waals surface area contributed by atoms with E-state index in [-0.39, 0.29) is 11.8 Å². The van der Waals surface area contributed by atoms with Crippen molar-refractivity contribution >= 4 is 21.6 Å². The smallest absolute Gasteiger partial charge is 0.214 e. The minimum atomic E-state index is -3.16. The van der Waals surface area contributed by atoms with E-state index >= 15 is 0 Å². The fourth-order valence-electron chi connectivity index (χ4n) is 1.71. The topological polar surface area (TPSA) is 66.4 Å². The van der Waals surface area contributed by atoms with Crippen LogP contribution < -0.4 is 4.72 Å². The quantitative estimate of drug-likeness (QED) is 0.840. The van der Waals surface area contributed by atoms with E-state index in [1.165, 1.54) is 0 Å². The molecule has 1 aromatic rings. The predicted octanol–water partition coefficient (Wildman–Crippen LogP) is 1.85. The van der Waals surface area contributed by atoms with Crippen LogP contribution in [0.5, 0.6) is 0 Å². The summed E-state index contributed by atoms with van der Waals surface area (Å²) in [4.78, 5) is 0. The molecule has 100 valence electrons. The Hall–Kier alpha value is -0.620. The van der Waals surface area contributed by atoms with Crippen LogP contribution in [-0.4, -0.2) is 25.3 Å². The maximum absolute atomic E-state index is 11.6. The summed E-state index contributed by atoms with van der Waals surface area (Å²) in [5, 5.41) is 10.2. The zero-order valence-corrected chi connectivity index (χ0v) is 11.4. The van der Waals surface area contributed by atoms with Crippen molar-refractivity contribution < 1.29 is 13.5 Å². The van der Waals surface area contributed by atoms with E-state index < -0.39 is 16.1 Å². The average molecular weight is 290 g/mol. The minimum Gasteiger partial charge on any atom is -0.388 e. The van der Waals surface area contributed by atoms with Crippen LogP contribution in [0.3, 0.4) is 0 Å². The molecule has 0 bridgehead atoms. The SMILES string of the molecule is O=S(=O)(NCC[C@@H](O)c1cccc(Cl)c1)C1CC1. The Labute approximate surface area is 112 Å². The van der Waals surface area contributed by atoms with Crippen LogP contribution in [0, 0.1) is 0 Å². The van der Waals surface area contributed by atoms with E-state index in [9.17, 15) is 13.5 Å². The molecule has 6 heteroatoms. The fraction of sp³-hybridized carbons (Fsp3) is 0.500. The van der Waals surface area contributed by atoms with Crippen LogP contribution in [0.2, 0.25) is 5.02 Å². The molecule has 1 fully saturated rings.